The van der Waals surface area contributed by atoms with Gasteiger partial charge in [0, 0.05) is 12.6 Å². The van der Waals surface area contributed by atoms with E-state index in [2.05, 4.69) is 11.0 Å². The van der Waals surface area contributed by atoms with Crippen LogP contribution in [0.15, 0.2) is 65.6 Å². The number of ether oxygens (including phenoxy) is 2. The number of methoxy groups -OCH3 is 1. The van der Waals surface area contributed by atoms with Crippen molar-refractivity contribution in [3.8, 4) is 22.6 Å². The maximum absolute atomic E-state index is 13.6. The first-order chi connectivity index (χ1) is 18.3. The number of benzene rings is 3. The second-order valence-corrected chi connectivity index (χ2v) is 12.6. The van der Waals surface area contributed by atoms with Gasteiger partial charge in [0.05, 0.1) is 29.9 Å². The highest BCUT2D eigenvalue weighted by atomic mass is 32.2. The van der Waals surface area contributed by atoms with Crippen molar-refractivity contribution in [3.05, 3.63) is 77.6 Å². The molecule has 0 N–H and O–H groups in total. The predicted molar refractivity (Wildman–Crippen MR) is 148 cm³/mol. The van der Waals surface area contributed by atoms with E-state index >= 15 is 0 Å². The SMILES string of the molecule is CCOc1cc(CN2CC[C@H]3C(CS(=O)(=O)c4cccc(C)c4)CC[C@H]32)cc(OC)c1-c1ccc(F)cc1. The Kier molecular flexibility index (Phi) is 7.78. The van der Waals surface area contributed by atoms with Gasteiger partial charge in [-0.25, -0.2) is 12.8 Å². The summed E-state index contributed by atoms with van der Waals surface area (Å²) < 4.78 is 51.7. The van der Waals surface area contributed by atoms with Gasteiger partial charge in [-0.2, -0.15) is 0 Å². The number of hydrogen-bond acceptors (Lipinski definition) is 5. The molecule has 3 aromatic rings. The second kappa shape index (κ2) is 11.1. The van der Waals surface area contributed by atoms with Gasteiger partial charge in [0.2, 0.25) is 0 Å². The van der Waals surface area contributed by atoms with Crippen molar-refractivity contribution in [2.45, 2.75) is 50.6 Å². The molecule has 7 heteroatoms. The molecule has 0 bridgehead atoms. The van der Waals surface area contributed by atoms with Crippen LogP contribution in [0.1, 0.15) is 37.3 Å². The molecule has 3 atom stereocenters. The third-order valence-corrected chi connectivity index (χ3v) is 9.94. The molecule has 1 aliphatic carbocycles. The topological polar surface area (TPSA) is 55.8 Å². The van der Waals surface area contributed by atoms with E-state index in [9.17, 15) is 12.8 Å². The number of hydrogen-bond donors (Lipinski definition) is 0. The van der Waals surface area contributed by atoms with Crippen LogP contribution >= 0.6 is 0 Å². The zero-order valence-electron chi connectivity index (χ0n) is 22.3. The summed E-state index contributed by atoms with van der Waals surface area (Å²) in [7, 11) is -1.67. The van der Waals surface area contributed by atoms with Crippen LogP contribution in [-0.4, -0.2) is 45.4 Å². The van der Waals surface area contributed by atoms with Crippen molar-refractivity contribution in [2.75, 3.05) is 26.0 Å². The Morgan fingerprint density at radius 3 is 2.47 bits per heavy atom. The maximum Gasteiger partial charge on any atom is 0.178 e. The molecule has 38 heavy (non-hydrogen) atoms. The Morgan fingerprint density at radius 1 is 1.00 bits per heavy atom. The molecule has 3 aromatic carbocycles. The quantitative estimate of drug-likeness (QED) is 0.321. The third kappa shape index (κ3) is 5.45. The van der Waals surface area contributed by atoms with Crippen molar-refractivity contribution in [3.63, 3.8) is 0 Å². The zero-order chi connectivity index (χ0) is 26.9. The number of likely N-dealkylation sites (tertiary alicyclic amines) is 1. The van der Waals surface area contributed by atoms with Crippen LogP contribution in [0.4, 0.5) is 4.39 Å². The summed E-state index contributed by atoms with van der Waals surface area (Å²) >= 11 is 0. The lowest BCUT2D eigenvalue weighted by Gasteiger charge is -2.25. The molecular weight excluding hydrogens is 501 g/mol. The molecule has 2 aliphatic rings. The molecule has 1 saturated heterocycles. The van der Waals surface area contributed by atoms with Crippen LogP contribution < -0.4 is 9.47 Å². The van der Waals surface area contributed by atoms with Gasteiger partial charge >= 0.3 is 0 Å². The highest BCUT2D eigenvalue weighted by Crippen LogP contribution is 2.45. The molecule has 1 unspecified atom stereocenters. The second-order valence-electron chi connectivity index (χ2n) is 10.5. The zero-order valence-corrected chi connectivity index (χ0v) is 23.1. The predicted octanol–water partition coefficient (Wildman–Crippen LogP) is 6.28. The van der Waals surface area contributed by atoms with E-state index in [0.717, 1.165) is 60.4 Å². The van der Waals surface area contributed by atoms with Crippen molar-refractivity contribution >= 4 is 9.84 Å². The number of aryl methyl sites for hydroxylation is 1. The van der Waals surface area contributed by atoms with Gasteiger partial charge in [-0.05, 0) is 105 Å². The van der Waals surface area contributed by atoms with Crippen molar-refractivity contribution < 1.29 is 22.3 Å². The Morgan fingerprint density at radius 2 is 1.76 bits per heavy atom. The van der Waals surface area contributed by atoms with Crippen molar-refractivity contribution in [2.24, 2.45) is 11.8 Å². The number of nitrogens with zero attached hydrogens (tertiary/aromatic N) is 1. The number of sulfone groups is 1. The van der Waals surface area contributed by atoms with Gasteiger partial charge in [0.15, 0.2) is 9.84 Å². The van der Waals surface area contributed by atoms with E-state index in [1.165, 1.54) is 12.1 Å². The average molecular weight is 538 g/mol. The van der Waals surface area contributed by atoms with Crippen LogP contribution in [-0.2, 0) is 16.4 Å². The molecule has 1 aliphatic heterocycles. The lowest BCUT2D eigenvalue weighted by Crippen LogP contribution is -2.31. The monoisotopic (exact) mass is 537 g/mol. The van der Waals surface area contributed by atoms with E-state index in [4.69, 9.17) is 9.47 Å². The van der Waals surface area contributed by atoms with E-state index in [1.807, 2.05) is 32.0 Å². The highest BCUT2D eigenvalue weighted by Gasteiger charge is 2.45. The van der Waals surface area contributed by atoms with Crippen LogP contribution in [0.5, 0.6) is 11.5 Å². The smallest absolute Gasteiger partial charge is 0.178 e. The molecule has 0 amide bonds. The van der Waals surface area contributed by atoms with Gasteiger partial charge in [0.1, 0.15) is 17.3 Å². The van der Waals surface area contributed by atoms with E-state index < -0.39 is 9.84 Å². The van der Waals surface area contributed by atoms with Crippen molar-refractivity contribution in [1.82, 2.24) is 4.90 Å². The summed E-state index contributed by atoms with van der Waals surface area (Å²) in [5, 5.41) is 0. The Hall–Kier alpha value is -2.90. The lowest BCUT2D eigenvalue weighted by molar-refractivity contribution is 0.228. The summed E-state index contributed by atoms with van der Waals surface area (Å²) in [5.41, 5.74) is 3.72. The molecule has 2 fully saturated rings. The fourth-order valence-electron chi connectivity index (χ4n) is 6.38. The fourth-order valence-corrected chi connectivity index (χ4v) is 8.20. The summed E-state index contributed by atoms with van der Waals surface area (Å²) in [4.78, 5) is 2.93. The van der Waals surface area contributed by atoms with Gasteiger partial charge in [-0.1, -0.05) is 24.3 Å². The van der Waals surface area contributed by atoms with Crippen LogP contribution in [0.2, 0.25) is 0 Å². The standard InChI is InChI=1S/C31H36FNO4S/c1-4-37-30-18-22(17-29(36-3)31(30)23-8-11-25(32)12-9-23)19-33-15-14-27-24(10-13-28(27)33)20-38(34,35)26-7-5-6-21(2)16-26/h5-9,11-12,16-18,24,27-28H,4,10,13-15,19-20H2,1-3H3/t24?,27-,28+/m0/s1. The third-order valence-electron chi connectivity index (χ3n) is 8.10. The van der Waals surface area contributed by atoms with E-state index in [-0.39, 0.29) is 17.5 Å². The number of rotatable bonds is 9. The minimum Gasteiger partial charge on any atom is -0.496 e. The molecule has 5 nitrogen and oxygen atoms in total. The van der Waals surface area contributed by atoms with Crippen LogP contribution in [0, 0.1) is 24.6 Å². The Labute approximate surface area is 225 Å². The van der Waals surface area contributed by atoms with Crippen molar-refractivity contribution in [1.29, 1.82) is 0 Å². The minimum atomic E-state index is -3.31. The van der Waals surface area contributed by atoms with Crippen LogP contribution in [0.25, 0.3) is 11.1 Å². The summed E-state index contributed by atoms with van der Waals surface area (Å²) in [6.45, 7) is 6.08. The number of halogens is 1. The summed E-state index contributed by atoms with van der Waals surface area (Å²) in [5.74, 6) is 1.93. The molecule has 0 aromatic heterocycles. The number of fused-ring (bicyclic) bond motifs is 1. The molecule has 0 spiro atoms. The lowest BCUT2D eigenvalue weighted by atomic mass is 9.95. The molecule has 1 heterocycles. The van der Waals surface area contributed by atoms with Crippen LogP contribution in [0.3, 0.4) is 0 Å². The van der Waals surface area contributed by atoms with Gasteiger partial charge in [-0.3, -0.25) is 4.90 Å². The normalized spacial score (nSPS) is 21.4. The molecule has 0 radical (unpaired) electrons. The van der Waals surface area contributed by atoms with Gasteiger partial charge in [0.25, 0.3) is 0 Å². The fraction of sp³-hybridized carbons (Fsp3) is 0.419. The minimum absolute atomic E-state index is 0.185. The van der Waals surface area contributed by atoms with Gasteiger partial charge < -0.3 is 9.47 Å². The molecular formula is C31H36FNO4S. The van der Waals surface area contributed by atoms with Gasteiger partial charge in [-0.15, -0.1) is 0 Å². The largest absolute Gasteiger partial charge is 0.496 e. The molecule has 1 saturated carbocycles. The van der Waals surface area contributed by atoms with E-state index in [1.54, 1.807) is 31.4 Å². The Balaban J connectivity index is 1.34. The maximum atomic E-state index is 13.6. The molecule has 5 rings (SSSR count). The van der Waals surface area contributed by atoms with E-state index in [0.29, 0.717) is 29.2 Å². The summed E-state index contributed by atoms with van der Waals surface area (Å²) in [6.07, 6.45) is 2.97. The molecule has 202 valence electrons. The first-order valence-corrected chi connectivity index (χ1v) is 15.1. The average Bonchev–Trinajstić information content (AvgIpc) is 3.47. The summed E-state index contributed by atoms with van der Waals surface area (Å²) in [6, 6.07) is 18.1. The first-order valence-electron chi connectivity index (χ1n) is 13.4. The Bertz CT molecular complexity index is 1390. The highest BCUT2D eigenvalue weighted by molar-refractivity contribution is 7.91. The first kappa shape index (κ1) is 26.7.